The SMILES string of the molecule is Cc1nc2ccc(C3OCCc4nc(SCc5c(F)cccc5Cl)n(-c5ccc(F)cc5)c43)cc2o1. The van der Waals surface area contributed by atoms with Crippen LogP contribution in [-0.2, 0) is 16.9 Å². The van der Waals surface area contributed by atoms with Crippen LogP contribution in [0.5, 0.6) is 0 Å². The molecule has 1 unspecified atom stereocenters. The smallest absolute Gasteiger partial charge is 0.192 e. The van der Waals surface area contributed by atoms with Crippen molar-refractivity contribution in [2.45, 2.75) is 30.4 Å². The fourth-order valence-corrected chi connectivity index (χ4v) is 5.86. The number of nitrogens with zero attached hydrogens (tertiary/aromatic N) is 3. The molecule has 0 saturated carbocycles. The van der Waals surface area contributed by atoms with Crippen LogP contribution >= 0.6 is 23.4 Å². The predicted octanol–water partition coefficient (Wildman–Crippen LogP) is 7.21. The number of thioether (sulfide) groups is 1. The van der Waals surface area contributed by atoms with Gasteiger partial charge in [0.05, 0.1) is 18.0 Å². The normalized spacial score (nSPS) is 15.4. The molecule has 0 N–H and O–H groups in total. The van der Waals surface area contributed by atoms with Gasteiger partial charge in [0.2, 0.25) is 0 Å². The third-order valence-electron chi connectivity index (χ3n) is 6.14. The number of fused-ring (bicyclic) bond motifs is 2. The third kappa shape index (κ3) is 4.19. The zero-order chi connectivity index (χ0) is 24.8. The van der Waals surface area contributed by atoms with E-state index < -0.39 is 6.10 Å². The van der Waals surface area contributed by atoms with Gasteiger partial charge in [-0.25, -0.2) is 18.7 Å². The first-order valence-corrected chi connectivity index (χ1v) is 12.8. The van der Waals surface area contributed by atoms with Crippen LogP contribution in [0.25, 0.3) is 16.8 Å². The van der Waals surface area contributed by atoms with Gasteiger partial charge in [-0.05, 0) is 54.1 Å². The van der Waals surface area contributed by atoms with Crippen molar-refractivity contribution in [3.05, 3.63) is 106 Å². The van der Waals surface area contributed by atoms with Crippen LogP contribution < -0.4 is 0 Å². The Labute approximate surface area is 215 Å². The molecule has 36 heavy (non-hydrogen) atoms. The molecule has 0 saturated heterocycles. The molecule has 0 radical (unpaired) electrons. The van der Waals surface area contributed by atoms with Gasteiger partial charge in [-0.2, -0.15) is 0 Å². The molecular weight excluding hydrogens is 504 g/mol. The molecule has 0 fully saturated rings. The molecule has 1 atom stereocenters. The number of ether oxygens (including phenoxy) is 1. The van der Waals surface area contributed by atoms with Crippen LogP contribution in [0, 0.1) is 18.6 Å². The van der Waals surface area contributed by atoms with Gasteiger partial charge in [0.15, 0.2) is 16.6 Å². The molecule has 5 aromatic rings. The molecule has 1 aliphatic rings. The van der Waals surface area contributed by atoms with Crippen molar-refractivity contribution >= 4 is 34.5 Å². The lowest BCUT2D eigenvalue weighted by atomic mass is 10.0. The minimum absolute atomic E-state index is 0.289. The van der Waals surface area contributed by atoms with Gasteiger partial charge in [-0.15, -0.1) is 0 Å². The Morgan fingerprint density at radius 1 is 1.08 bits per heavy atom. The third-order valence-corrected chi connectivity index (χ3v) is 7.46. The average molecular weight is 524 g/mol. The summed E-state index contributed by atoms with van der Waals surface area (Å²) in [6.07, 6.45) is 0.199. The molecule has 2 aromatic heterocycles. The van der Waals surface area contributed by atoms with Crippen LogP contribution in [0.2, 0.25) is 5.02 Å². The molecule has 0 spiro atoms. The summed E-state index contributed by atoms with van der Waals surface area (Å²) >= 11 is 7.64. The summed E-state index contributed by atoms with van der Waals surface area (Å²) in [7, 11) is 0. The summed E-state index contributed by atoms with van der Waals surface area (Å²) in [5.41, 5.74) is 5.23. The Morgan fingerprint density at radius 3 is 2.72 bits per heavy atom. The summed E-state index contributed by atoms with van der Waals surface area (Å²) in [4.78, 5) is 9.30. The first kappa shape index (κ1) is 23.2. The van der Waals surface area contributed by atoms with Crippen LogP contribution in [0.4, 0.5) is 8.78 Å². The first-order chi connectivity index (χ1) is 17.5. The monoisotopic (exact) mass is 523 g/mol. The maximum atomic E-state index is 14.5. The van der Waals surface area contributed by atoms with E-state index in [9.17, 15) is 8.78 Å². The van der Waals surface area contributed by atoms with E-state index in [1.54, 1.807) is 24.3 Å². The van der Waals surface area contributed by atoms with Gasteiger partial charge in [0.25, 0.3) is 0 Å². The van der Waals surface area contributed by atoms with Gasteiger partial charge in [0.1, 0.15) is 23.3 Å². The van der Waals surface area contributed by atoms with Gasteiger partial charge in [-0.3, -0.25) is 4.57 Å². The number of aryl methyl sites for hydroxylation is 1. The predicted molar refractivity (Wildman–Crippen MR) is 135 cm³/mol. The van der Waals surface area contributed by atoms with E-state index in [2.05, 4.69) is 4.98 Å². The van der Waals surface area contributed by atoms with E-state index in [1.165, 1.54) is 30.0 Å². The molecule has 182 valence electrons. The van der Waals surface area contributed by atoms with Gasteiger partial charge in [-0.1, -0.05) is 35.5 Å². The Kier molecular flexibility index (Phi) is 6.03. The van der Waals surface area contributed by atoms with Gasteiger partial charge < -0.3 is 9.15 Å². The lowest BCUT2D eigenvalue weighted by Gasteiger charge is -2.25. The number of benzene rings is 3. The minimum Gasteiger partial charge on any atom is -0.441 e. The molecule has 6 rings (SSSR count). The number of rotatable bonds is 5. The van der Waals surface area contributed by atoms with Crippen LogP contribution in [0.3, 0.4) is 0 Å². The summed E-state index contributed by atoms with van der Waals surface area (Å²) in [6.45, 7) is 2.30. The Bertz CT molecular complexity index is 1560. The van der Waals surface area contributed by atoms with E-state index in [4.69, 9.17) is 25.7 Å². The molecule has 9 heteroatoms. The van der Waals surface area contributed by atoms with Crippen molar-refractivity contribution in [1.82, 2.24) is 14.5 Å². The minimum atomic E-state index is -0.424. The van der Waals surface area contributed by atoms with Crippen molar-refractivity contribution < 1.29 is 17.9 Å². The number of halogens is 3. The highest BCUT2D eigenvalue weighted by molar-refractivity contribution is 7.98. The number of aromatic nitrogens is 3. The molecule has 3 heterocycles. The molecule has 0 aliphatic carbocycles. The second-order valence-corrected chi connectivity index (χ2v) is 9.84. The van der Waals surface area contributed by atoms with Crippen molar-refractivity contribution in [1.29, 1.82) is 0 Å². The maximum absolute atomic E-state index is 14.5. The lowest BCUT2D eigenvalue weighted by molar-refractivity contribution is 0.0648. The van der Waals surface area contributed by atoms with E-state index >= 15 is 0 Å². The summed E-state index contributed by atoms with van der Waals surface area (Å²) < 4.78 is 42.2. The number of hydrogen-bond donors (Lipinski definition) is 0. The maximum Gasteiger partial charge on any atom is 0.192 e. The van der Waals surface area contributed by atoms with Crippen LogP contribution in [0.15, 0.2) is 70.2 Å². The first-order valence-electron chi connectivity index (χ1n) is 11.4. The number of oxazole rings is 1. The van der Waals surface area contributed by atoms with E-state index in [0.29, 0.717) is 40.2 Å². The highest BCUT2D eigenvalue weighted by Crippen LogP contribution is 2.39. The second kappa shape index (κ2) is 9.35. The van der Waals surface area contributed by atoms with E-state index in [1.807, 2.05) is 29.7 Å². The van der Waals surface area contributed by atoms with E-state index in [0.717, 1.165) is 28.2 Å². The van der Waals surface area contributed by atoms with E-state index in [-0.39, 0.29) is 17.4 Å². The summed E-state index contributed by atoms with van der Waals surface area (Å²) in [5.74, 6) is 0.182. The van der Waals surface area contributed by atoms with Gasteiger partial charge >= 0.3 is 0 Å². The molecule has 3 aromatic carbocycles. The summed E-state index contributed by atoms with van der Waals surface area (Å²) in [6, 6.07) is 16.7. The van der Waals surface area contributed by atoms with Gasteiger partial charge in [0, 0.05) is 35.4 Å². The molecule has 5 nitrogen and oxygen atoms in total. The topological polar surface area (TPSA) is 53.1 Å². The fraction of sp³-hybridized carbons (Fsp3) is 0.185. The fourth-order valence-electron chi connectivity index (χ4n) is 4.48. The Hall–Kier alpha value is -3.20. The highest BCUT2D eigenvalue weighted by Gasteiger charge is 2.31. The quantitative estimate of drug-likeness (QED) is 0.228. The average Bonchev–Trinajstić information content (AvgIpc) is 3.43. The number of imidazole rings is 1. The van der Waals surface area contributed by atoms with Crippen LogP contribution in [-0.4, -0.2) is 21.1 Å². The Balaban J connectivity index is 1.47. The molecular formula is C27H20ClF2N3O2S. The number of hydrogen-bond acceptors (Lipinski definition) is 5. The zero-order valence-electron chi connectivity index (χ0n) is 19.2. The zero-order valence-corrected chi connectivity index (χ0v) is 20.7. The van der Waals surface area contributed by atoms with Crippen molar-refractivity contribution in [3.8, 4) is 5.69 Å². The molecule has 1 aliphatic heterocycles. The van der Waals surface area contributed by atoms with Crippen molar-refractivity contribution in [3.63, 3.8) is 0 Å². The highest BCUT2D eigenvalue weighted by atomic mass is 35.5. The Morgan fingerprint density at radius 2 is 1.92 bits per heavy atom. The van der Waals surface area contributed by atoms with Crippen molar-refractivity contribution in [2.75, 3.05) is 6.61 Å². The molecule has 0 amide bonds. The van der Waals surface area contributed by atoms with Crippen molar-refractivity contribution in [2.24, 2.45) is 0 Å². The summed E-state index contributed by atoms with van der Waals surface area (Å²) in [5, 5.41) is 1.02. The standard InChI is InChI=1S/C27H20ClF2N3O2S/c1-15-31-22-10-5-16(13-24(22)35-15)26-25-23(11-12-34-26)32-27(33(25)18-8-6-17(29)7-9-18)36-14-19-20(28)3-2-4-21(19)30/h2-10,13,26H,11-12,14H2,1H3. The largest absolute Gasteiger partial charge is 0.441 e. The van der Waals surface area contributed by atoms with Crippen LogP contribution in [0.1, 0.15) is 34.5 Å². The lowest BCUT2D eigenvalue weighted by Crippen LogP contribution is -2.20. The second-order valence-electron chi connectivity index (χ2n) is 8.49. The molecule has 0 bridgehead atoms.